The molecular weight excluding hydrogens is 158 g/mol. The lowest BCUT2D eigenvalue weighted by atomic mass is 9.95. The molecule has 0 radical (unpaired) electrons. The summed E-state index contributed by atoms with van der Waals surface area (Å²) in [5.41, 5.74) is 0.389. The third-order valence-electron chi connectivity index (χ3n) is 1.61. The van der Waals surface area contributed by atoms with Crippen LogP contribution in [0.3, 0.4) is 0 Å². The summed E-state index contributed by atoms with van der Waals surface area (Å²) in [6.45, 7) is 0. The Labute approximate surface area is 69.5 Å². The minimum atomic E-state index is -0.902. The van der Waals surface area contributed by atoms with Crippen LogP contribution in [0, 0.1) is 5.92 Å². The van der Waals surface area contributed by atoms with Crippen LogP contribution in [-0.2, 0) is 4.79 Å². The van der Waals surface area contributed by atoms with Gasteiger partial charge in [-0.15, -0.1) is 0 Å². The van der Waals surface area contributed by atoms with E-state index in [4.69, 9.17) is 10.3 Å². The Kier molecular flexibility index (Phi) is 2.63. The second-order valence-electron chi connectivity index (χ2n) is 2.47. The average Bonchev–Trinajstić information content (AvgIpc) is 2.04. The zero-order valence-corrected chi connectivity index (χ0v) is 6.34. The molecule has 0 amide bonds. The van der Waals surface area contributed by atoms with Gasteiger partial charge in [-0.1, -0.05) is 23.4 Å². The predicted molar refractivity (Wildman–Crippen MR) is 43.2 cm³/mol. The van der Waals surface area contributed by atoms with E-state index >= 15 is 0 Å². The van der Waals surface area contributed by atoms with Gasteiger partial charge in [-0.3, -0.25) is 4.79 Å². The normalized spacial score (nSPS) is 24.7. The highest BCUT2D eigenvalue weighted by atomic mass is 16.4. The van der Waals surface area contributed by atoms with Gasteiger partial charge in [0.2, 0.25) is 0 Å². The van der Waals surface area contributed by atoms with E-state index in [1.54, 1.807) is 24.3 Å². The minimum absolute atomic E-state index is 0.0414. The molecule has 0 fully saturated rings. The lowest BCUT2D eigenvalue weighted by Gasteiger charge is -2.10. The summed E-state index contributed by atoms with van der Waals surface area (Å²) in [6, 6.07) is 0. The van der Waals surface area contributed by atoms with Gasteiger partial charge in [-0.05, 0) is 6.08 Å². The Bertz CT molecular complexity index is 265. The van der Waals surface area contributed by atoms with Crippen LogP contribution in [0.2, 0.25) is 0 Å². The van der Waals surface area contributed by atoms with Crippen molar-refractivity contribution in [3.8, 4) is 0 Å². The van der Waals surface area contributed by atoms with E-state index in [9.17, 15) is 4.79 Å². The summed E-state index contributed by atoms with van der Waals surface area (Å²) < 4.78 is 0. The molecule has 4 nitrogen and oxygen atoms in total. The summed E-state index contributed by atoms with van der Waals surface area (Å²) in [5, 5.41) is 20.0. The van der Waals surface area contributed by atoms with Gasteiger partial charge in [0.15, 0.2) is 0 Å². The highest BCUT2D eigenvalue weighted by Crippen LogP contribution is 2.13. The van der Waals surface area contributed by atoms with E-state index in [1.165, 1.54) is 0 Å². The van der Waals surface area contributed by atoms with Crippen molar-refractivity contribution < 1.29 is 15.1 Å². The second kappa shape index (κ2) is 3.71. The highest BCUT2D eigenvalue weighted by molar-refractivity contribution is 6.00. The first-order chi connectivity index (χ1) is 5.74. The number of carbonyl (C=O) groups is 1. The first-order valence-corrected chi connectivity index (χ1v) is 3.52. The van der Waals surface area contributed by atoms with Crippen molar-refractivity contribution in [2.24, 2.45) is 11.1 Å². The zero-order valence-electron chi connectivity index (χ0n) is 6.34. The van der Waals surface area contributed by atoms with Crippen molar-refractivity contribution in [1.82, 2.24) is 0 Å². The first kappa shape index (κ1) is 8.52. The van der Waals surface area contributed by atoms with Gasteiger partial charge in [0, 0.05) is 5.92 Å². The first-order valence-electron chi connectivity index (χ1n) is 3.52. The van der Waals surface area contributed by atoms with E-state index in [1.807, 2.05) is 0 Å². The zero-order chi connectivity index (χ0) is 8.97. The van der Waals surface area contributed by atoms with Crippen LogP contribution in [-0.4, -0.2) is 22.0 Å². The van der Waals surface area contributed by atoms with Crippen LogP contribution in [0.1, 0.15) is 6.42 Å². The molecule has 0 saturated heterocycles. The number of oxime groups is 1. The molecule has 0 aliphatic heterocycles. The molecule has 0 bridgehead atoms. The Morgan fingerprint density at radius 2 is 2.33 bits per heavy atom. The fourth-order valence-electron chi connectivity index (χ4n) is 1.04. The SMILES string of the molecule is O=C(O)CC1C=CC=CC1=NO. The van der Waals surface area contributed by atoms with Crippen LogP contribution >= 0.6 is 0 Å². The van der Waals surface area contributed by atoms with Gasteiger partial charge in [0.25, 0.3) is 0 Å². The lowest BCUT2D eigenvalue weighted by molar-refractivity contribution is -0.137. The van der Waals surface area contributed by atoms with Crippen LogP contribution in [0.25, 0.3) is 0 Å². The Morgan fingerprint density at radius 3 is 2.92 bits per heavy atom. The predicted octanol–water partition coefficient (Wildman–Crippen LogP) is 1.03. The number of rotatable bonds is 2. The van der Waals surface area contributed by atoms with E-state index < -0.39 is 5.97 Å². The second-order valence-corrected chi connectivity index (χ2v) is 2.47. The van der Waals surface area contributed by atoms with Crippen molar-refractivity contribution in [2.75, 3.05) is 0 Å². The van der Waals surface area contributed by atoms with E-state index in [-0.39, 0.29) is 12.3 Å². The topological polar surface area (TPSA) is 69.9 Å². The Balaban J connectivity index is 2.70. The van der Waals surface area contributed by atoms with Crippen molar-refractivity contribution in [3.05, 3.63) is 24.3 Å². The number of carboxylic acids is 1. The highest BCUT2D eigenvalue weighted by Gasteiger charge is 2.16. The van der Waals surface area contributed by atoms with Gasteiger partial charge in [-0.25, -0.2) is 0 Å². The number of allylic oxidation sites excluding steroid dienone is 4. The smallest absolute Gasteiger partial charge is 0.304 e. The molecule has 0 heterocycles. The van der Waals surface area contributed by atoms with Gasteiger partial charge in [0.1, 0.15) is 0 Å². The third kappa shape index (κ3) is 1.95. The minimum Gasteiger partial charge on any atom is -0.481 e. The van der Waals surface area contributed by atoms with Crippen molar-refractivity contribution in [2.45, 2.75) is 6.42 Å². The maximum Gasteiger partial charge on any atom is 0.304 e. The summed E-state index contributed by atoms with van der Waals surface area (Å²) >= 11 is 0. The van der Waals surface area contributed by atoms with Crippen LogP contribution in [0.5, 0.6) is 0 Å². The molecule has 0 spiro atoms. The molecule has 0 saturated carbocycles. The molecule has 0 aromatic rings. The summed E-state index contributed by atoms with van der Waals surface area (Å²) in [5.74, 6) is -1.21. The number of carboxylic acid groups (broad SMARTS) is 1. The van der Waals surface area contributed by atoms with E-state index in [0.29, 0.717) is 5.71 Å². The molecule has 64 valence electrons. The molecule has 1 rings (SSSR count). The molecule has 1 aliphatic carbocycles. The summed E-state index contributed by atoms with van der Waals surface area (Å²) in [6.07, 6.45) is 6.69. The lowest BCUT2D eigenvalue weighted by Crippen LogP contribution is -2.16. The van der Waals surface area contributed by atoms with Gasteiger partial charge >= 0.3 is 5.97 Å². The molecule has 0 aromatic carbocycles. The fraction of sp³-hybridized carbons (Fsp3) is 0.250. The number of aliphatic carboxylic acids is 1. The molecule has 12 heavy (non-hydrogen) atoms. The molecule has 2 N–H and O–H groups in total. The third-order valence-corrected chi connectivity index (χ3v) is 1.61. The molecule has 1 unspecified atom stereocenters. The number of hydrogen-bond donors (Lipinski definition) is 2. The molecule has 4 heteroatoms. The van der Waals surface area contributed by atoms with Crippen LogP contribution in [0.15, 0.2) is 29.5 Å². The van der Waals surface area contributed by atoms with Gasteiger partial charge in [-0.2, -0.15) is 0 Å². The van der Waals surface area contributed by atoms with Crippen LogP contribution in [0.4, 0.5) is 0 Å². The largest absolute Gasteiger partial charge is 0.481 e. The van der Waals surface area contributed by atoms with Crippen LogP contribution < -0.4 is 0 Å². The monoisotopic (exact) mass is 167 g/mol. The molecular formula is C8H9NO3. The maximum atomic E-state index is 10.3. The summed E-state index contributed by atoms with van der Waals surface area (Å²) in [4.78, 5) is 10.3. The van der Waals surface area contributed by atoms with Gasteiger partial charge < -0.3 is 10.3 Å². The number of nitrogens with zero attached hydrogens (tertiary/aromatic N) is 1. The fourth-order valence-corrected chi connectivity index (χ4v) is 1.04. The quantitative estimate of drug-likeness (QED) is 0.476. The van der Waals surface area contributed by atoms with Crippen molar-refractivity contribution >= 4 is 11.7 Å². The average molecular weight is 167 g/mol. The Hall–Kier alpha value is -1.58. The molecule has 1 aliphatic rings. The van der Waals surface area contributed by atoms with Gasteiger partial charge in [0.05, 0.1) is 12.1 Å². The summed E-state index contributed by atoms with van der Waals surface area (Å²) in [7, 11) is 0. The van der Waals surface area contributed by atoms with Crippen molar-refractivity contribution in [1.29, 1.82) is 0 Å². The van der Waals surface area contributed by atoms with Crippen molar-refractivity contribution in [3.63, 3.8) is 0 Å². The maximum absolute atomic E-state index is 10.3. The Morgan fingerprint density at radius 1 is 1.58 bits per heavy atom. The van der Waals surface area contributed by atoms with E-state index in [2.05, 4.69) is 5.16 Å². The molecule has 1 atom stereocenters. The van der Waals surface area contributed by atoms with E-state index in [0.717, 1.165) is 0 Å². The standard InChI is InChI=1S/C8H9NO3/c10-8(11)5-6-3-1-2-4-7(6)9-12/h1-4,6,12H,5H2,(H,10,11). The molecule has 0 aromatic heterocycles. The number of hydrogen-bond acceptors (Lipinski definition) is 3.